The van der Waals surface area contributed by atoms with Crippen LogP contribution in [-0.2, 0) is 0 Å². The predicted octanol–water partition coefficient (Wildman–Crippen LogP) is 3.32. The van der Waals surface area contributed by atoms with Crippen LogP contribution in [0.4, 0.5) is 0 Å². The van der Waals surface area contributed by atoms with E-state index >= 15 is 0 Å². The third kappa shape index (κ3) is 2.59. The number of amides is 1. The van der Waals surface area contributed by atoms with E-state index in [9.17, 15) is 4.79 Å². The molecular formula is C12H19NOS. The summed E-state index contributed by atoms with van der Waals surface area (Å²) in [6, 6.07) is 1.99. The van der Waals surface area contributed by atoms with Crippen molar-refractivity contribution in [2.24, 2.45) is 0 Å². The first-order valence-electron chi connectivity index (χ1n) is 5.24. The Morgan fingerprint density at radius 3 is 2.40 bits per heavy atom. The van der Waals surface area contributed by atoms with Gasteiger partial charge in [0.1, 0.15) is 0 Å². The third-order valence-electron chi connectivity index (χ3n) is 2.43. The lowest BCUT2D eigenvalue weighted by atomic mass is 10.1. The second-order valence-electron chi connectivity index (χ2n) is 4.65. The molecule has 1 aromatic heterocycles. The van der Waals surface area contributed by atoms with Gasteiger partial charge in [-0.3, -0.25) is 4.79 Å². The molecule has 0 aliphatic carbocycles. The molecule has 2 nitrogen and oxygen atoms in total. The minimum Gasteiger partial charge on any atom is -0.333 e. The molecule has 0 saturated carbocycles. The van der Waals surface area contributed by atoms with E-state index in [0.29, 0.717) is 0 Å². The zero-order chi connectivity index (χ0) is 11.6. The van der Waals surface area contributed by atoms with E-state index in [-0.39, 0.29) is 11.4 Å². The van der Waals surface area contributed by atoms with Crippen molar-refractivity contribution >= 4 is 17.2 Å². The SMILES string of the molecule is CCN(C(=O)c1sccc1C)C(C)(C)C. The lowest BCUT2D eigenvalue weighted by Crippen LogP contribution is -2.45. The number of nitrogens with zero attached hydrogens (tertiary/aromatic N) is 1. The second-order valence-corrected chi connectivity index (χ2v) is 5.57. The number of carbonyl (C=O) groups is 1. The average Bonchev–Trinajstić information content (AvgIpc) is 2.49. The Kier molecular flexibility index (Phi) is 3.55. The minimum absolute atomic E-state index is 0.109. The molecule has 0 aliphatic heterocycles. The van der Waals surface area contributed by atoms with Crippen molar-refractivity contribution in [1.29, 1.82) is 0 Å². The van der Waals surface area contributed by atoms with Crippen LogP contribution in [-0.4, -0.2) is 22.9 Å². The number of carbonyl (C=O) groups excluding carboxylic acids is 1. The zero-order valence-corrected chi connectivity index (χ0v) is 10.9. The summed E-state index contributed by atoms with van der Waals surface area (Å²) in [5.74, 6) is 0.150. The molecule has 1 amide bonds. The molecule has 0 aliphatic rings. The lowest BCUT2D eigenvalue weighted by molar-refractivity contribution is 0.0603. The highest BCUT2D eigenvalue weighted by Gasteiger charge is 2.27. The van der Waals surface area contributed by atoms with E-state index < -0.39 is 0 Å². The third-order valence-corrected chi connectivity index (χ3v) is 3.43. The first-order valence-corrected chi connectivity index (χ1v) is 6.12. The molecular weight excluding hydrogens is 206 g/mol. The summed E-state index contributed by atoms with van der Waals surface area (Å²) in [6.45, 7) is 11.0. The number of thiophene rings is 1. The van der Waals surface area contributed by atoms with Gasteiger partial charge in [0.2, 0.25) is 0 Å². The van der Waals surface area contributed by atoms with E-state index in [1.165, 1.54) is 11.3 Å². The summed E-state index contributed by atoms with van der Waals surface area (Å²) in [7, 11) is 0. The van der Waals surface area contributed by atoms with Gasteiger partial charge >= 0.3 is 0 Å². The highest BCUT2D eigenvalue weighted by atomic mass is 32.1. The maximum Gasteiger partial charge on any atom is 0.264 e. The largest absolute Gasteiger partial charge is 0.333 e. The molecule has 3 heteroatoms. The molecule has 1 heterocycles. The van der Waals surface area contributed by atoms with Gasteiger partial charge in [0, 0.05) is 12.1 Å². The van der Waals surface area contributed by atoms with Crippen molar-refractivity contribution < 1.29 is 4.79 Å². The molecule has 0 aromatic carbocycles. The van der Waals surface area contributed by atoms with Gasteiger partial charge in [0.05, 0.1) is 4.88 Å². The Labute approximate surface area is 95.9 Å². The van der Waals surface area contributed by atoms with Crippen LogP contribution < -0.4 is 0 Å². The predicted molar refractivity (Wildman–Crippen MR) is 65.5 cm³/mol. The molecule has 0 atom stereocenters. The first-order chi connectivity index (χ1) is 6.88. The Morgan fingerprint density at radius 2 is 2.07 bits per heavy atom. The first kappa shape index (κ1) is 12.2. The fraction of sp³-hybridized carbons (Fsp3) is 0.583. The molecule has 1 aromatic rings. The monoisotopic (exact) mass is 225 g/mol. The average molecular weight is 225 g/mol. The van der Waals surface area contributed by atoms with Gasteiger partial charge in [-0.1, -0.05) is 0 Å². The highest BCUT2D eigenvalue weighted by molar-refractivity contribution is 7.12. The fourth-order valence-corrected chi connectivity index (χ4v) is 2.51. The summed E-state index contributed by atoms with van der Waals surface area (Å²) in [4.78, 5) is 15.0. The molecule has 0 N–H and O–H groups in total. The minimum atomic E-state index is -0.109. The quantitative estimate of drug-likeness (QED) is 0.756. The van der Waals surface area contributed by atoms with Gasteiger partial charge in [-0.2, -0.15) is 0 Å². The van der Waals surface area contributed by atoms with Crippen LogP contribution in [0.1, 0.15) is 42.9 Å². The molecule has 0 bridgehead atoms. The van der Waals surface area contributed by atoms with Gasteiger partial charge in [0.25, 0.3) is 5.91 Å². The number of rotatable bonds is 2. The topological polar surface area (TPSA) is 20.3 Å². The maximum absolute atomic E-state index is 12.2. The molecule has 1 rings (SSSR count). The van der Waals surface area contributed by atoms with Crippen molar-refractivity contribution in [2.45, 2.75) is 40.2 Å². The van der Waals surface area contributed by atoms with E-state index in [2.05, 4.69) is 20.8 Å². The molecule has 0 radical (unpaired) electrons. The fourth-order valence-electron chi connectivity index (χ4n) is 1.64. The van der Waals surface area contributed by atoms with Gasteiger partial charge in [0.15, 0.2) is 0 Å². The van der Waals surface area contributed by atoms with Crippen LogP contribution in [0, 0.1) is 6.92 Å². The molecule has 84 valence electrons. The van der Waals surface area contributed by atoms with Crippen LogP contribution in [0.2, 0.25) is 0 Å². The van der Waals surface area contributed by atoms with E-state index in [1.54, 1.807) is 0 Å². The second kappa shape index (κ2) is 4.35. The number of hydrogen-bond acceptors (Lipinski definition) is 2. The lowest BCUT2D eigenvalue weighted by Gasteiger charge is -2.34. The smallest absolute Gasteiger partial charge is 0.264 e. The standard InChI is InChI=1S/C12H19NOS/c1-6-13(12(3,4)5)11(14)10-9(2)7-8-15-10/h7-8H,6H2,1-5H3. The molecule has 15 heavy (non-hydrogen) atoms. The summed E-state index contributed by atoms with van der Waals surface area (Å²) in [6.07, 6.45) is 0. The van der Waals surface area contributed by atoms with Crippen molar-refractivity contribution in [3.8, 4) is 0 Å². The van der Waals surface area contributed by atoms with Crippen LogP contribution in [0.3, 0.4) is 0 Å². The van der Waals surface area contributed by atoms with Gasteiger partial charge < -0.3 is 4.90 Å². The zero-order valence-electron chi connectivity index (χ0n) is 10.1. The van der Waals surface area contributed by atoms with Crippen molar-refractivity contribution in [1.82, 2.24) is 4.90 Å². The van der Waals surface area contributed by atoms with Gasteiger partial charge in [-0.25, -0.2) is 0 Å². The Hall–Kier alpha value is -0.830. The summed E-state index contributed by atoms with van der Waals surface area (Å²) >= 11 is 1.53. The van der Waals surface area contributed by atoms with Crippen LogP contribution in [0.5, 0.6) is 0 Å². The van der Waals surface area contributed by atoms with Crippen LogP contribution in [0.15, 0.2) is 11.4 Å². The van der Waals surface area contributed by atoms with E-state index in [0.717, 1.165) is 17.0 Å². The van der Waals surface area contributed by atoms with Crippen LogP contribution >= 0.6 is 11.3 Å². The summed E-state index contributed by atoms with van der Waals surface area (Å²) in [5, 5.41) is 1.97. The maximum atomic E-state index is 12.2. The molecule has 0 spiro atoms. The van der Waals surface area contributed by atoms with Gasteiger partial charge in [-0.05, 0) is 51.6 Å². The van der Waals surface area contributed by atoms with Gasteiger partial charge in [-0.15, -0.1) is 11.3 Å². The highest BCUT2D eigenvalue weighted by Crippen LogP contribution is 2.22. The van der Waals surface area contributed by atoms with Crippen molar-refractivity contribution in [3.05, 3.63) is 21.9 Å². The van der Waals surface area contributed by atoms with Crippen molar-refractivity contribution in [3.63, 3.8) is 0 Å². The van der Waals surface area contributed by atoms with E-state index in [4.69, 9.17) is 0 Å². The van der Waals surface area contributed by atoms with E-state index in [1.807, 2.05) is 30.2 Å². The number of aryl methyl sites for hydroxylation is 1. The Balaban J connectivity index is 2.98. The Morgan fingerprint density at radius 1 is 1.47 bits per heavy atom. The van der Waals surface area contributed by atoms with Crippen LogP contribution in [0.25, 0.3) is 0 Å². The number of hydrogen-bond donors (Lipinski definition) is 0. The molecule has 0 saturated heterocycles. The molecule has 0 fully saturated rings. The molecule has 0 unspecified atom stereocenters. The summed E-state index contributed by atoms with van der Waals surface area (Å²) in [5.41, 5.74) is 0.968. The van der Waals surface area contributed by atoms with Crippen molar-refractivity contribution in [2.75, 3.05) is 6.54 Å². The summed E-state index contributed by atoms with van der Waals surface area (Å²) < 4.78 is 0. The normalized spacial score (nSPS) is 11.5. The Bertz CT molecular complexity index is 349.